The van der Waals surface area contributed by atoms with Crippen molar-refractivity contribution in [2.75, 3.05) is 13.2 Å². The Balaban J connectivity index is 1.24. The smallest absolute Gasteiger partial charge is 0.235 e. The normalized spacial score (nSPS) is 22.6. The number of halogens is 1. The molecular formula is C45H43ClO6S. The molecule has 3 heterocycles. The first-order valence-corrected chi connectivity index (χ1v) is 19.6. The minimum Gasteiger partial charge on any atom is -0.374 e. The van der Waals surface area contributed by atoms with E-state index in [9.17, 15) is 0 Å². The van der Waals surface area contributed by atoms with Gasteiger partial charge in [0, 0.05) is 10.6 Å². The largest absolute Gasteiger partial charge is 0.374 e. The number of fused-ring (bicyclic) bond motifs is 4. The van der Waals surface area contributed by atoms with E-state index in [1.54, 1.807) is 11.3 Å². The highest BCUT2D eigenvalue weighted by molar-refractivity contribution is 7.19. The summed E-state index contributed by atoms with van der Waals surface area (Å²) < 4.78 is 43.0. The molecule has 0 saturated carbocycles. The Labute approximate surface area is 320 Å². The van der Waals surface area contributed by atoms with Crippen LogP contribution in [0.15, 0.2) is 140 Å². The highest BCUT2D eigenvalue weighted by Gasteiger charge is 2.61. The van der Waals surface area contributed by atoms with Crippen LogP contribution < -0.4 is 0 Å². The zero-order chi connectivity index (χ0) is 35.9. The lowest BCUT2D eigenvalue weighted by Gasteiger charge is -2.53. The molecule has 1 spiro atoms. The van der Waals surface area contributed by atoms with Gasteiger partial charge in [0.15, 0.2) is 0 Å². The van der Waals surface area contributed by atoms with Crippen LogP contribution in [0.1, 0.15) is 38.3 Å². The number of rotatable bonds is 14. The third kappa shape index (κ3) is 8.00. The highest BCUT2D eigenvalue weighted by atomic mass is 35.5. The molecule has 1 saturated heterocycles. The molecule has 272 valence electrons. The van der Waals surface area contributed by atoms with Gasteiger partial charge in [-0.1, -0.05) is 140 Å². The predicted molar refractivity (Wildman–Crippen MR) is 209 cm³/mol. The molecule has 6 nitrogen and oxygen atoms in total. The SMILES string of the molecule is ClCc1cccc2c3c(sc12)[C@]1(OCC3)O[C@H](COCc2ccccc2)[C@@H](OCc2ccccc2)[C@H](OCc2ccccc2)[C@H]1OCc1ccccc1. The van der Waals surface area contributed by atoms with E-state index in [4.69, 9.17) is 40.0 Å². The van der Waals surface area contributed by atoms with Crippen LogP contribution in [0.5, 0.6) is 0 Å². The summed E-state index contributed by atoms with van der Waals surface area (Å²) in [7, 11) is 0. The molecule has 0 unspecified atom stereocenters. The van der Waals surface area contributed by atoms with Gasteiger partial charge >= 0.3 is 0 Å². The van der Waals surface area contributed by atoms with Crippen molar-refractivity contribution in [2.45, 2.75) is 68.9 Å². The molecule has 8 rings (SSSR count). The average molecular weight is 747 g/mol. The molecular weight excluding hydrogens is 704 g/mol. The summed E-state index contributed by atoms with van der Waals surface area (Å²) in [6, 6.07) is 47.1. The predicted octanol–water partition coefficient (Wildman–Crippen LogP) is 9.74. The van der Waals surface area contributed by atoms with Gasteiger partial charge in [0.2, 0.25) is 5.79 Å². The summed E-state index contributed by atoms with van der Waals surface area (Å²) in [6.07, 6.45) is -1.70. The zero-order valence-electron chi connectivity index (χ0n) is 29.5. The lowest BCUT2D eigenvalue weighted by atomic mass is 9.87. The third-order valence-electron chi connectivity index (χ3n) is 9.96. The first kappa shape index (κ1) is 36.1. The number of hydrogen-bond donors (Lipinski definition) is 0. The number of hydrogen-bond acceptors (Lipinski definition) is 7. The Morgan fingerprint density at radius 1 is 0.623 bits per heavy atom. The average Bonchev–Trinajstić information content (AvgIpc) is 3.61. The summed E-state index contributed by atoms with van der Waals surface area (Å²) in [5.74, 6) is -0.891. The van der Waals surface area contributed by atoms with Crippen molar-refractivity contribution in [3.8, 4) is 0 Å². The standard InChI is InChI=1S/C45H43ClO6S/c46-26-36-22-13-23-37-38-24-25-51-45(44(38)53-42(36)37)43(50-30-35-20-11-4-12-21-35)41(49-29-34-18-9-3-10-19-34)40(48-28-33-16-7-2-8-17-33)39(52-45)31-47-27-32-14-5-1-6-15-32/h1-23,39-41,43H,24-31H2/t39-,40-,41+,43-,45-/m1/s1. The summed E-state index contributed by atoms with van der Waals surface area (Å²) in [6.45, 7) is 2.18. The van der Waals surface area contributed by atoms with Crippen LogP contribution in [0, 0.1) is 0 Å². The van der Waals surface area contributed by atoms with E-state index in [1.165, 1.54) is 10.9 Å². The Morgan fingerprint density at radius 2 is 1.17 bits per heavy atom. The van der Waals surface area contributed by atoms with E-state index in [-0.39, 0.29) is 6.61 Å². The molecule has 5 aromatic carbocycles. The molecule has 0 aliphatic carbocycles. The van der Waals surface area contributed by atoms with Gasteiger partial charge < -0.3 is 28.4 Å². The van der Waals surface area contributed by atoms with Gasteiger partial charge in [-0.25, -0.2) is 0 Å². The Bertz CT molecular complexity index is 2040. The van der Waals surface area contributed by atoms with Crippen LogP contribution in [0.3, 0.4) is 0 Å². The molecule has 6 aromatic rings. The fraction of sp³-hybridized carbons (Fsp3) is 0.289. The van der Waals surface area contributed by atoms with Gasteiger partial charge in [-0.15, -0.1) is 22.9 Å². The maximum atomic E-state index is 7.37. The number of thiophene rings is 1. The molecule has 8 heteroatoms. The Kier molecular flexibility index (Phi) is 11.6. The topological polar surface area (TPSA) is 55.4 Å². The Morgan fingerprint density at radius 3 is 1.75 bits per heavy atom. The van der Waals surface area contributed by atoms with E-state index < -0.39 is 30.2 Å². The van der Waals surface area contributed by atoms with Crippen LogP contribution >= 0.6 is 22.9 Å². The molecule has 2 aliphatic rings. The van der Waals surface area contributed by atoms with Crippen molar-refractivity contribution < 1.29 is 28.4 Å². The maximum absolute atomic E-state index is 7.37. The van der Waals surface area contributed by atoms with Crippen molar-refractivity contribution in [3.63, 3.8) is 0 Å². The molecule has 0 amide bonds. The van der Waals surface area contributed by atoms with Crippen LogP contribution in [-0.2, 0) is 72.9 Å². The molecule has 53 heavy (non-hydrogen) atoms. The number of benzene rings is 5. The Hall–Kier alpha value is -3.89. The van der Waals surface area contributed by atoms with Gasteiger partial charge in [-0.2, -0.15) is 0 Å². The van der Waals surface area contributed by atoms with Crippen LogP contribution in [-0.4, -0.2) is 37.6 Å². The summed E-state index contributed by atoms with van der Waals surface area (Å²) in [5, 5.41) is 1.18. The van der Waals surface area contributed by atoms with E-state index in [0.717, 1.165) is 43.8 Å². The second-order valence-corrected chi connectivity index (χ2v) is 14.8. The fourth-order valence-corrected chi connectivity index (χ4v) is 9.15. The molecule has 0 bridgehead atoms. The van der Waals surface area contributed by atoms with Gasteiger partial charge in [0.1, 0.15) is 24.4 Å². The quantitative estimate of drug-likeness (QED) is 0.104. The van der Waals surface area contributed by atoms with E-state index in [2.05, 4.69) is 66.7 Å². The van der Waals surface area contributed by atoms with Crippen molar-refractivity contribution in [1.29, 1.82) is 0 Å². The van der Waals surface area contributed by atoms with Crippen molar-refractivity contribution in [2.24, 2.45) is 0 Å². The van der Waals surface area contributed by atoms with Crippen LogP contribution in [0.25, 0.3) is 10.1 Å². The zero-order valence-corrected chi connectivity index (χ0v) is 31.1. The lowest BCUT2D eigenvalue weighted by Crippen LogP contribution is -2.67. The van der Waals surface area contributed by atoms with Gasteiger partial charge in [0.25, 0.3) is 0 Å². The van der Waals surface area contributed by atoms with Gasteiger partial charge in [0.05, 0.1) is 44.5 Å². The molecule has 0 radical (unpaired) electrons. The van der Waals surface area contributed by atoms with Crippen molar-refractivity contribution in [1.82, 2.24) is 0 Å². The van der Waals surface area contributed by atoms with E-state index >= 15 is 0 Å². The number of alkyl halides is 1. The molecule has 5 atom stereocenters. The first-order valence-electron chi connectivity index (χ1n) is 18.2. The maximum Gasteiger partial charge on any atom is 0.235 e. The van der Waals surface area contributed by atoms with Crippen molar-refractivity contribution >= 4 is 33.0 Å². The lowest BCUT2D eigenvalue weighted by molar-refractivity contribution is -0.393. The molecule has 1 fully saturated rings. The van der Waals surface area contributed by atoms with Gasteiger partial charge in [-0.05, 0) is 45.2 Å². The fourth-order valence-electron chi connectivity index (χ4n) is 7.37. The highest BCUT2D eigenvalue weighted by Crippen LogP contribution is 2.52. The number of ether oxygens (including phenoxy) is 6. The summed E-state index contributed by atoms with van der Waals surface area (Å²) >= 11 is 8.20. The van der Waals surface area contributed by atoms with E-state index in [0.29, 0.717) is 38.9 Å². The minimum atomic E-state index is -1.30. The summed E-state index contributed by atoms with van der Waals surface area (Å²) in [5.41, 5.74) is 6.50. The molecule has 0 N–H and O–H groups in total. The monoisotopic (exact) mass is 746 g/mol. The second-order valence-electron chi connectivity index (χ2n) is 13.5. The minimum absolute atomic E-state index is 0.253. The van der Waals surface area contributed by atoms with Crippen LogP contribution in [0.4, 0.5) is 0 Å². The van der Waals surface area contributed by atoms with Gasteiger partial charge in [-0.3, -0.25) is 0 Å². The molecule has 1 aromatic heterocycles. The van der Waals surface area contributed by atoms with Crippen molar-refractivity contribution in [3.05, 3.63) is 178 Å². The van der Waals surface area contributed by atoms with E-state index in [1.807, 2.05) is 72.8 Å². The first-order chi connectivity index (χ1) is 26.2. The third-order valence-corrected chi connectivity index (χ3v) is 11.7. The van der Waals surface area contributed by atoms with Crippen LogP contribution in [0.2, 0.25) is 0 Å². The molecule has 2 aliphatic heterocycles. The second kappa shape index (κ2) is 17.1. The summed E-state index contributed by atoms with van der Waals surface area (Å²) in [4.78, 5) is 0.984.